The van der Waals surface area contributed by atoms with E-state index in [9.17, 15) is 4.79 Å². The Balaban J connectivity index is 2.82. The van der Waals surface area contributed by atoms with Gasteiger partial charge in [0.1, 0.15) is 0 Å². The second kappa shape index (κ2) is 3.99. The maximum atomic E-state index is 9.84. The van der Waals surface area contributed by atoms with E-state index in [4.69, 9.17) is 0 Å². The van der Waals surface area contributed by atoms with Crippen LogP contribution >= 0.6 is 12.6 Å². The topological polar surface area (TPSA) is 26.3 Å². The van der Waals surface area contributed by atoms with Crippen molar-refractivity contribution in [3.8, 4) is 0 Å². The smallest absolute Gasteiger partial charge is 0.364 e. The first-order valence-corrected chi connectivity index (χ1v) is 2.57. The molecule has 7 heavy (non-hydrogen) atoms. The van der Waals surface area contributed by atoms with Crippen molar-refractivity contribution in [2.45, 2.75) is 13.3 Å². The van der Waals surface area contributed by atoms with Crippen molar-refractivity contribution in [3.05, 3.63) is 0 Å². The number of carbonyl (C=O) groups is 1. The number of rotatable bonds is 2. The van der Waals surface area contributed by atoms with E-state index in [1.54, 1.807) is 0 Å². The minimum atomic E-state index is -0.498. The average Bonchev–Trinajstić information content (AvgIpc) is 1.61. The lowest BCUT2D eigenvalue weighted by molar-refractivity contribution is 0.175. The van der Waals surface area contributed by atoms with Crippen LogP contribution in [0.3, 0.4) is 0 Å². The van der Waals surface area contributed by atoms with Crippen LogP contribution in [0.1, 0.15) is 13.3 Å². The molecule has 0 atom stereocenters. The van der Waals surface area contributed by atoms with Crippen molar-refractivity contribution in [2.24, 2.45) is 0 Å². The van der Waals surface area contributed by atoms with E-state index in [1.165, 1.54) is 0 Å². The Morgan fingerprint density at radius 1 is 1.86 bits per heavy atom. The van der Waals surface area contributed by atoms with E-state index in [0.29, 0.717) is 6.61 Å². The van der Waals surface area contributed by atoms with Gasteiger partial charge in [0.05, 0.1) is 6.61 Å². The summed E-state index contributed by atoms with van der Waals surface area (Å²) < 4.78 is 4.42. The van der Waals surface area contributed by atoms with Crippen LogP contribution < -0.4 is 0 Å². The molecule has 0 heterocycles. The van der Waals surface area contributed by atoms with Gasteiger partial charge in [-0.15, -0.1) is 0 Å². The van der Waals surface area contributed by atoms with Crippen LogP contribution in [0.15, 0.2) is 0 Å². The van der Waals surface area contributed by atoms with Crippen LogP contribution in [-0.2, 0) is 4.74 Å². The maximum Gasteiger partial charge on any atom is 0.364 e. The monoisotopic (exact) mass is 120 g/mol. The van der Waals surface area contributed by atoms with Crippen LogP contribution in [0, 0.1) is 0 Å². The lowest BCUT2D eigenvalue weighted by atomic mass is 10.5. The van der Waals surface area contributed by atoms with Crippen LogP contribution in [0.25, 0.3) is 0 Å². The van der Waals surface area contributed by atoms with Crippen LogP contribution in [-0.4, -0.2) is 11.9 Å². The van der Waals surface area contributed by atoms with Gasteiger partial charge in [0.15, 0.2) is 0 Å². The SMILES string of the molecule is CCCOC(=O)S. The van der Waals surface area contributed by atoms with Crippen molar-refractivity contribution in [1.29, 1.82) is 0 Å². The third-order valence-electron chi connectivity index (χ3n) is 0.430. The Hall–Kier alpha value is -0.180. The minimum absolute atomic E-state index is 0.475. The van der Waals surface area contributed by atoms with E-state index < -0.39 is 5.30 Å². The lowest BCUT2D eigenvalue weighted by Gasteiger charge is -1.92. The van der Waals surface area contributed by atoms with Crippen molar-refractivity contribution in [2.75, 3.05) is 6.61 Å². The zero-order valence-corrected chi connectivity index (χ0v) is 5.07. The van der Waals surface area contributed by atoms with Crippen LogP contribution in [0.2, 0.25) is 0 Å². The molecule has 0 spiro atoms. The summed E-state index contributed by atoms with van der Waals surface area (Å²) in [6.45, 7) is 2.40. The van der Waals surface area contributed by atoms with Gasteiger partial charge in [-0.2, -0.15) is 0 Å². The van der Waals surface area contributed by atoms with E-state index >= 15 is 0 Å². The molecule has 0 saturated carbocycles. The van der Waals surface area contributed by atoms with E-state index in [1.807, 2.05) is 6.92 Å². The molecule has 0 unspecified atom stereocenters. The molecular formula is C4H8O2S. The third-order valence-corrected chi connectivity index (χ3v) is 0.559. The number of thiol groups is 1. The highest BCUT2D eigenvalue weighted by Crippen LogP contribution is 1.86. The van der Waals surface area contributed by atoms with Gasteiger partial charge in [-0.05, 0) is 6.42 Å². The number of hydrogen-bond donors (Lipinski definition) is 1. The largest absolute Gasteiger partial charge is 0.458 e. The fourth-order valence-corrected chi connectivity index (χ4v) is 0.281. The summed E-state index contributed by atoms with van der Waals surface area (Å²) in [6, 6.07) is 0. The predicted molar refractivity (Wildman–Crippen MR) is 30.6 cm³/mol. The summed E-state index contributed by atoms with van der Waals surface area (Å²) >= 11 is 3.37. The van der Waals surface area contributed by atoms with Gasteiger partial charge in [-0.3, -0.25) is 0 Å². The van der Waals surface area contributed by atoms with Gasteiger partial charge in [-0.1, -0.05) is 19.6 Å². The van der Waals surface area contributed by atoms with E-state index in [2.05, 4.69) is 17.4 Å². The highest BCUT2D eigenvalue weighted by Gasteiger charge is 1.86. The number of hydrogen-bond acceptors (Lipinski definition) is 2. The first-order valence-electron chi connectivity index (χ1n) is 2.13. The van der Waals surface area contributed by atoms with Gasteiger partial charge in [0, 0.05) is 0 Å². The van der Waals surface area contributed by atoms with E-state index in [0.717, 1.165) is 6.42 Å². The average molecular weight is 120 g/mol. The number of carbonyl (C=O) groups excluding carboxylic acids is 1. The Kier molecular flexibility index (Phi) is 3.89. The summed E-state index contributed by atoms with van der Waals surface area (Å²) in [5, 5.41) is -0.498. The Labute approximate surface area is 48.3 Å². The molecule has 2 nitrogen and oxygen atoms in total. The third kappa shape index (κ3) is 5.82. The lowest BCUT2D eigenvalue weighted by Crippen LogP contribution is -1.93. The highest BCUT2D eigenvalue weighted by atomic mass is 32.1. The van der Waals surface area contributed by atoms with Gasteiger partial charge in [-0.25, -0.2) is 4.79 Å². The second-order valence-corrected chi connectivity index (χ2v) is 1.48. The summed E-state index contributed by atoms with van der Waals surface area (Å²) in [5.74, 6) is 0. The molecule has 0 aliphatic carbocycles. The Morgan fingerprint density at radius 3 is 2.57 bits per heavy atom. The minimum Gasteiger partial charge on any atom is -0.458 e. The fraction of sp³-hybridized carbons (Fsp3) is 0.750. The summed E-state index contributed by atoms with van der Waals surface area (Å²) in [5.41, 5.74) is 0. The molecule has 42 valence electrons. The molecule has 0 aromatic carbocycles. The van der Waals surface area contributed by atoms with Crippen LogP contribution in [0.5, 0.6) is 0 Å². The molecule has 0 N–H and O–H groups in total. The van der Waals surface area contributed by atoms with Gasteiger partial charge >= 0.3 is 5.30 Å². The van der Waals surface area contributed by atoms with Crippen molar-refractivity contribution in [1.82, 2.24) is 0 Å². The fourth-order valence-electron chi connectivity index (χ4n) is 0.189. The van der Waals surface area contributed by atoms with E-state index in [-0.39, 0.29) is 0 Å². The normalized spacial score (nSPS) is 8.29. The van der Waals surface area contributed by atoms with Gasteiger partial charge in [0.2, 0.25) is 0 Å². The molecule has 0 aliphatic heterocycles. The van der Waals surface area contributed by atoms with Gasteiger partial charge in [0.25, 0.3) is 0 Å². The molecule has 0 amide bonds. The first-order chi connectivity index (χ1) is 3.27. The quantitative estimate of drug-likeness (QED) is 0.441. The predicted octanol–water partition coefficient (Wildman–Crippen LogP) is 1.46. The zero-order valence-electron chi connectivity index (χ0n) is 4.18. The molecule has 0 bridgehead atoms. The molecule has 0 rings (SSSR count). The maximum absolute atomic E-state index is 9.84. The molecule has 0 saturated heterocycles. The molecule has 0 aromatic rings. The van der Waals surface area contributed by atoms with Crippen molar-refractivity contribution >= 4 is 17.9 Å². The molecule has 0 aliphatic rings. The summed E-state index contributed by atoms with van der Waals surface area (Å²) in [4.78, 5) is 9.84. The first kappa shape index (κ1) is 6.82. The molecule has 0 radical (unpaired) electrons. The standard InChI is InChI=1S/C4H8O2S/c1-2-3-6-4(5)7/h2-3H2,1H3,(H,5,7). The molecule has 0 fully saturated rings. The zero-order chi connectivity index (χ0) is 5.70. The second-order valence-electron chi connectivity index (χ2n) is 1.11. The summed E-state index contributed by atoms with van der Waals surface area (Å²) in [6.07, 6.45) is 0.853. The van der Waals surface area contributed by atoms with Crippen molar-refractivity contribution in [3.63, 3.8) is 0 Å². The Morgan fingerprint density at radius 2 is 2.43 bits per heavy atom. The van der Waals surface area contributed by atoms with Crippen LogP contribution in [0.4, 0.5) is 4.79 Å². The number of ether oxygens (including phenoxy) is 1. The molecule has 3 heteroatoms. The summed E-state index contributed by atoms with van der Waals surface area (Å²) in [7, 11) is 0. The van der Waals surface area contributed by atoms with Crippen molar-refractivity contribution < 1.29 is 9.53 Å². The molecule has 0 aromatic heterocycles. The molecular weight excluding hydrogens is 112 g/mol. The highest BCUT2D eigenvalue weighted by molar-refractivity contribution is 7.96. The Bertz CT molecular complexity index is 62.7. The van der Waals surface area contributed by atoms with Gasteiger partial charge < -0.3 is 4.74 Å².